The second-order valence-corrected chi connectivity index (χ2v) is 7.29. The van der Waals surface area contributed by atoms with Crippen LogP contribution in [-0.2, 0) is 4.79 Å². The number of hydrogen-bond acceptors (Lipinski definition) is 4. The van der Waals surface area contributed by atoms with Gasteiger partial charge in [0.25, 0.3) is 11.8 Å². The lowest BCUT2D eigenvalue weighted by Gasteiger charge is -2.23. The van der Waals surface area contributed by atoms with E-state index in [0.29, 0.717) is 22.5 Å². The lowest BCUT2D eigenvalue weighted by atomic mass is 10.1. The molecule has 2 atom stereocenters. The van der Waals surface area contributed by atoms with Crippen LogP contribution in [0.1, 0.15) is 22.8 Å². The molecule has 0 heterocycles. The smallest absolute Gasteiger partial charge is 0.269 e. The Balaban J connectivity index is 2.08. The molecule has 4 N–H and O–H groups in total. The third-order valence-corrected chi connectivity index (χ3v) is 4.97. The molecule has 7 nitrogen and oxygen atoms in total. The maximum atomic E-state index is 12.5. The van der Waals surface area contributed by atoms with Crippen LogP contribution in [0.2, 0.25) is 5.02 Å². The zero-order valence-corrected chi connectivity index (χ0v) is 17.4. The summed E-state index contributed by atoms with van der Waals surface area (Å²) in [6.45, 7) is 10.2. The normalized spacial score (nSPS) is 12.4. The first kappa shape index (κ1) is 21.7. The van der Waals surface area contributed by atoms with Crippen molar-refractivity contribution in [2.24, 2.45) is 0 Å². The highest BCUT2D eigenvalue weighted by Crippen LogP contribution is 2.33. The number of anilines is 1. The van der Waals surface area contributed by atoms with Crippen LogP contribution < -0.4 is 16.2 Å². The molecular formula is C19H18BrClN4O3. The molecule has 146 valence electrons. The molecule has 0 spiro atoms. The van der Waals surface area contributed by atoms with E-state index in [1.165, 1.54) is 13.0 Å². The first-order valence-electron chi connectivity index (χ1n) is 8.21. The monoisotopic (exact) mass is 464 g/mol. The van der Waals surface area contributed by atoms with Crippen molar-refractivity contribution in [3.63, 3.8) is 0 Å². The minimum absolute atomic E-state index is 0.272. The molecule has 0 bridgehead atoms. The zero-order chi connectivity index (χ0) is 20.8. The van der Waals surface area contributed by atoms with Crippen LogP contribution in [0.4, 0.5) is 11.4 Å². The molecule has 2 amide bonds. The van der Waals surface area contributed by atoms with E-state index in [2.05, 4.69) is 36.9 Å². The Hall–Kier alpha value is -2.60. The van der Waals surface area contributed by atoms with E-state index >= 15 is 0 Å². The molecule has 9 heteroatoms. The maximum absolute atomic E-state index is 12.5. The standard InChI is InChI=1S/C19H18BrClN4O3/c1-10-14(8-9-15(22-3)16(10)21)23-17(11(2)26)19(28)25-24-18(27)12-4-6-13(20)7-5-12/h4-9,11,17,23,26H,1-2H3,(H,24,27)(H,25,28)/t11-,17+/m0/s1. The Morgan fingerprint density at radius 2 is 1.82 bits per heavy atom. The van der Waals surface area contributed by atoms with Crippen molar-refractivity contribution in [1.82, 2.24) is 10.9 Å². The summed E-state index contributed by atoms with van der Waals surface area (Å²) >= 11 is 9.43. The van der Waals surface area contributed by atoms with Gasteiger partial charge >= 0.3 is 0 Å². The van der Waals surface area contributed by atoms with Crippen molar-refractivity contribution < 1.29 is 14.7 Å². The Morgan fingerprint density at radius 1 is 1.18 bits per heavy atom. The summed E-state index contributed by atoms with van der Waals surface area (Å²) in [6.07, 6.45) is -1.07. The Kier molecular flexibility index (Phi) is 7.40. The average molecular weight is 466 g/mol. The molecule has 0 radical (unpaired) electrons. The number of aliphatic hydroxyl groups excluding tert-OH is 1. The van der Waals surface area contributed by atoms with Crippen LogP contribution in [-0.4, -0.2) is 29.1 Å². The van der Waals surface area contributed by atoms with Crippen molar-refractivity contribution in [3.8, 4) is 0 Å². The van der Waals surface area contributed by atoms with E-state index in [9.17, 15) is 14.7 Å². The van der Waals surface area contributed by atoms with Gasteiger partial charge in [0, 0.05) is 15.7 Å². The molecule has 0 unspecified atom stereocenters. The number of aliphatic hydroxyl groups is 1. The van der Waals surface area contributed by atoms with Gasteiger partial charge in [-0.05, 0) is 49.7 Å². The number of benzene rings is 2. The fourth-order valence-electron chi connectivity index (χ4n) is 2.36. The van der Waals surface area contributed by atoms with Crippen molar-refractivity contribution in [2.75, 3.05) is 5.32 Å². The summed E-state index contributed by atoms with van der Waals surface area (Å²) in [5, 5.41) is 13.2. The van der Waals surface area contributed by atoms with Crippen LogP contribution in [0.25, 0.3) is 4.85 Å². The van der Waals surface area contributed by atoms with Gasteiger partial charge in [-0.1, -0.05) is 33.6 Å². The second kappa shape index (κ2) is 9.55. The third kappa shape index (κ3) is 5.23. The topological polar surface area (TPSA) is 94.8 Å². The van der Waals surface area contributed by atoms with Crippen LogP contribution >= 0.6 is 27.5 Å². The largest absolute Gasteiger partial charge is 0.391 e. The summed E-state index contributed by atoms with van der Waals surface area (Å²) in [4.78, 5) is 27.9. The number of rotatable bonds is 5. The lowest BCUT2D eigenvalue weighted by molar-refractivity contribution is -0.124. The van der Waals surface area contributed by atoms with Gasteiger partial charge in [0.1, 0.15) is 6.04 Å². The number of amides is 2. The SMILES string of the molecule is [C-]#[N+]c1ccc(N[C@@H](C(=O)NNC(=O)c2ccc(Br)cc2)[C@H](C)O)c(C)c1Cl. The molecular weight excluding hydrogens is 448 g/mol. The Morgan fingerprint density at radius 3 is 2.39 bits per heavy atom. The van der Waals surface area contributed by atoms with Gasteiger partial charge < -0.3 is 10.4 Å². The fraction of sp³-hybridized carbons (Fsp3) is 0.211. The van der Waals surface area contributed by atoms with E-state index in [-0.39, 0.29) is 5.02 Å². The number of halogens is 2. The van der Waals surface area contributed by atoms with Gasteiger partial charge in [0.05, 0.1) is 17.7 Å². The van der Waals surface area contributed by atoms with Gasteiger partial charge in [-0.3, -0.25) is 20.4 Å². The maximum Gasteiger partial charge on any atom is 0.269 e. The van der Waals surface area contributed by atoms with Crippen molar-refractivity contribution in [1.29, 1.82) is 0 Å². The summed E-state index contributed by atoms with van der Waals surface area (Å²) in [5.74, 6) is -1.13. The zero-order valence-electron chi connectivity index (χ0n) is 15.1. The van der Waals surface area contributed by atoms with Gasteiger partial charge in [-0.15, -0.1) is 0 Å². The van der Waals surface area contributed by atoms with E-state index in [1.54, 1.807) is 37.3 Å². The van der Waals surface area contributed by atoms with Gasteiger partial charge in [0.2, 0.25) is 5.69 Å². The number of nitrogens with one attached hydrogen (secondary N) is 3. The molecule has 0 aromatic heterocycles. The van der Waals surface area contributed by atoms with Crippen molar-refractivity contribution >= 4 is 50.7 Å². The van der Waals surface area contributed by atoms with Crippen molar-refractivity contribution in [3.05, 3.63) is 68.4 Å². The molecule has 0 saturated heterocycles. The first-order chi connectivity index (χ1) is 13.2. The van der Waals surface area contributed by atoms with Crippen LogP contribution in [0.3, 0.4) is 0 Å². The predicted molar refractivity (Wildman–Crippen MR) is 111 cm³/mol. The number of hydrazine groups is 1. The quantitative estimate of drug-likeness (QED) is 0.401. The molecule has 0 saturated carbocycles. The van der Waals surface area contributed by atoms with Gasteiger partial charge in [-0.25, -0.2) is 4.85 Å². The first-order valence-corrected chi connectivity index (χ1v) is 9.38. The molecule has 28 heavy (non-hydrogen) atoms. The molecule has 2 rings (SSSR count). The minimum Gasteiger partial charge on any atom is -0.391 e. The van der Waals surface area contributed by atoms with Crippen LogP contribution in [0, 0.1) is 13.5 Å². The summed E-state index contributed by atoms with van der Waals surface area (Å²) in [6, 6.07) is 8.68. The predicted octanol–water partition coefficient (Wildman–Crippen LogP) is 3.58. The van der Waals surface area contributed by atoms with Gasteiger partial charge in [0.15, 0.2) is 0 Å². The van der Waals surface area contributed by atoms with Crippen LogP contribution in [0.5, 0.6) is 0 Å². The Labute approximate surface area is 176 Å². The number of carbonyl (C=O) groups excluding carboxylic acids is 2. The number of hydrogen-bond donors (Lipinski definition) is 4. The van der Waals surface area contributed by atoms with Gasteiger partial charge in [-0.2, -0.15) is 0 Å². The fourth-order valence-corrected chi connectivity index (χ4v) is 2.83. The Bertz CT molecular complexity index is 926. The van der Waals surface area contributed by atoms with Crippen molar-refractivity contribution in [2.45, 2.75) is 26.0 Å². The average Bonchev–Trinajstić information content (AvgIpc) is 2.67. The molecule has 2 aromatic rings. The van der Waals surface area contributed by atoms with E-state index in [1.807, 2.05) is 0 Å². The van der Waals surface area contributed by atoms with E-state index in [0.717, 1.165) is 4.47 Å². The number of carbonyl (C=O) groups is 2. The minimum atomic E-state index is -1.07. The van der Waals surface area contributed by atoms with Crippen LogP contribution in [0.15, 0.2) is 40.9 Å². The summed E-state index contributed by atoms with van der Waals surface area (Å²) in [7, 11) is 0. The number of nitrogens with zero attached hydrogens (tertiary/aromatic N) is 1. The highest BCUT2D eigenvalue weighted by Gasteiger charge is 2.25. The highest BCUT2D eigenvalue weighted by atomic mass is 79.9. The summed E-state index contributed by atoms with van der Waals surface area (Å²) < 4.78 is 0.824. The third-order valence-electron chi connectivity index (χ3n) is 3.97. The molecule has 0 fully saturated rings. The molecule has 0 aliphatic heterocycles. The highest BCUT2D eigenvalue weighted by molar-refractivity contribution is 9.10. The van der Waals surface area contributed by atoms with E-state index < -0.39 is 24.0 Å². The molecule has 0 aliphatic rings. The lowest BCUT2D eigenvalue weighted by Crippen LogP contribution is -2.52. The molecule has 0 aliphatic carbocycles. The van der Waals surface area contributed by atoms with E-state index in [4.69, 9.17) is 18.2 Å². The summed E-state index contributed by atoms with van der Waals surface area (Å²) in [5.41, 5.74) is 6.35. The second-order valence-electron chi connectivity index (χ2n) is 6.00. The molecule has 2 aromatic carbocycles.